The summed E-state index contributed by atoms with van der Waals surface area (Å²) in [5.74, 6) is -0.585. The highest BCUT2D eigenvalue weighted by Crippen LogP contribution is 2.39. The first-order valence-electron chi connectivity index (χ1n) is 9.28. The Morgan fingerprint density at radius 2 is 1.84 bits per heavy atom. The van der Waals surface area contributed by atoms with Crippen LogP contribution in [0.25, 0.3) is 17.4 Å². The number of rotatable bonds is 4. The molecule has 0 atom stereocenters. The van der Waals surface area contributed by atoms with Gasteiger partial charge in [0.2, 0.25) is 6.79 Å². The average Bonchev–Trinajstić information content (AvgIpc) is 3.45. The maximum Gasteiger partial charge on any atom is 0.293 e. The van der Waals surface area contributed by atoms with Crippen LogP contribution in [0, 0.1) is 11.6 Å². The molecule has 2 aliphatic heterocycles. The molecule has 0 N–H and O–H groups in total. The molecule has 3 heterocycles. The molecule has 162 valence electrons. The van der Waals surface area contributed by atoms with E-state index in [0.29, 0.717) is 22.1 Å². The summed E-state index contributed by atoms with van der Waals surface area (Å²) in [6, 6.07) is 9.37. The Labute approximate surface area is 189 Å². The lowest BCUT2D eigenvalue weighted by molar-refractivity contribution is -0.123. The van der Waals surface area contributed by atoms with Gasteiger partial charge in [0.25, 0.3) is 11.1 Å². The molecule has 5 rings (SSSR count). The highest BCUT2D eigenvalue weighted by atomic mass is 35.5. The summed E-state index contributed by atoms with van der Waals surface area (Å²) in [6.45, 7) is 0.0358. The first kappa shape index (κ1) is 20.6. The normalized spacial score (nSPS) is 16.5. The standard InChI is InChI=1S/C22H12ClF2NO5S/c23-15-8-19-18(29-10-30-19)5-11(15)9-26-21(27)20(32-22(26)28)7-13-2-4-17(31-13)14-3-1-12(24)6-16(14)25/h1-8H,9-10H2. The monoisotopic (exact) mass is 475 g/mol. The molecule has 0 bridgehead atoms. The van der Waals surface area contributed by atoms with Gasteiger partial charge in [0.15, 0.2) is 11.5 Å². The van der Waals surface area contributed by atoms with Gasteiger partial charge in [-0.15, -0.1) is 0 Å². The fourth-order valence-corrected chi connectivity index (χ4v) is 4.31. The van der Waals surface area contributed by atoms with Gasteiger partial charge in [-0.2, -0.15) is 0 Å². The van der Waals surface area contributed by atoms with Crippen molar-refractivity contribution in [1.82, 2.24) is 4.90 Å². The van der Waals surface area contributed by atoms with Gasteiger partial charge >= 0.3 is 0 Å². The molecule has 1 fully saturated rings. The molecule has 32 heavy (non-hydrogen) atoms. The molecule has 2 amide bonds. The Balaban J connectivity index is 1.37. The van der Waals surface area contributed by atoms with E-state index in [4.69, 9.17) is 25.5 Å². The van der Waals surface area contributed by atoms with Crippen LogP contribution in [0.5, 0.6) is 11.5 Å². The van der Waals surface area contributed by atoms with Crippen LogP contribution in [0.3, 0.4) is 0 Å². The number of thioether (sulfide) groups is 1. The Bertz CT molecular complexity index is 1310. The van der Waals surface area contributed by atoms with Gasteiger partial charge in [0.1, 0.15) is 23.2 Å². The van der Waals surface area contributed by atoms with E-state index in [1.54, 1.807) is 12.1 Å². The average molecular weight is 476 g/mol. The number of hydrogen-bond acceptors (Lipinski definition) is 6. The van der Waals surface area contributed by atoms with Gasteiger partial charge < -0.3 is 13.9 Å². The van der Waals surface area contributed by atoms with E-state index in [9.17, 15) is 18.4 Å². The summed E-state index contributed by atoms with van der Waals surface area (Å²) in [5.41, 5.74) is 0.614. The number of ether oxygens (including phenoxy) is 2. The zero-order valence-corrected chi connectivity index (χ0v) is 17.6. The predicted octanol–water partition coefficient (Wildman–Crippen LogP) is 5.84. The van der Waals surface area contributed by atoms with Crippen molar-refractivity contribution in [3.05, 3.63) is 75.4 Å². The first-order chi connectivity index (χ1) is 15.4. The quantitative estimate of drug-likeness (QED) is 0.441. The predicted molar refractivity (Wildman–Crippen MR) is 113 cm³/mol. The van der Waals surface area contributed by atoms with Crippen LogP contribution >= 0.6 is 23.4 Å². The number of hydrogen-bond donors (Lipinski definition) is 0. The van der Waals surface area contributed by atoms with E-state index in [2.05, 4.69) is 0 Å². The molecule has 1 saturated heterocycles. The van der Waals surface area contributed by atoms with Crippen LogP contribution < -0.4 is 9.47 Å². The summed E-state index contributed by atoms with van der Waals surface area (Å²) in [7, 11) is 0. The van der Waals surface area contributed by atoms with Crippen molar-refractivity contribution in [2.24, 2.45) is 0 Å². The highest BCUT2D eigenvalue weighted by Gasteiger charge is 2.36. The molecule has 0 radical (unpaired) electrons. The van der Waals surface area contributed by atoms with Gasteiger partial charge in [-0.25, -0.2) is 8.78 Å². The summed E-state index contributed by atoms with van der Waals surface area (Å²) in [5, 5.41) is -0.124. The number of amides is 2. The zero-order valence-electron chi connectivity index (χ0n) is 16.1. The second-order valence-corrected chi connectivity index (χ2v) is 8.29. The molecular formula is C22H12ClF2NO5S. The van der Waals surface area contributed by atoms with Crippen molar-refractivity contribution in [2.45, 2.75) is 6.54 Å². The molecule has 0 unspecified atom stereocenters. The summed E-state index contributed by atoms with van der Waals surface area (Å²) in [4.78, 5) is 26.5. The topological polar surface area (TPSA) is 69.0 Å². The minimum absolute atomic E-state index is 0.0400. The van der Waals surface area contributed by atoms with Crippen molar-refractivity contribution in [1.29, 1.82) is 0 Å². The third kappa shape index (κ3) is 3.74. The molecule has 0 spiro atoms. The van der Waals surface area contributed by atoms with E-state index in [0.717, 1.165) is 28.8 Å². The number of fused-ring (bicyclic) bond motifs is 1. The van der Waals surface area contributed by atoms with E-state index < -0.39 is 22.8 Å². The Kier molecular flexibility index (Phi) is 5.15. The Morgan fingerprint density at radius 3 is 2.62 bits per heavy atom. The maximum atomic E-state index is 14.0. The molecule has 2 aliphatic rings. The largest absolute Gasteiger partial charge is 0.457 e. The van der Waals surface area contributed by atoms with Gasteiger partial charge in [-0.05, 0) is 47.7 Å². The van der Waals surface area contributed by atoms with Crippen LogP contribution in [0.15, 0.2) is 51.8 Å². The number of benzene rings is 2. The Hall–Kier alpha value is -3.30. The Morgan fingerprint density at radius 1 is 1.06 bits per heavy atom. The molecule has 2 aromatic carbocycles. The van der Waals surface area contributed by atoms with Crippen LogP contribution in [-0.2, 0) is 11.3 Å². The van der Waals surface area contributed by atoms with Crippen molar-refractivity contribution in [3.8, 4) is 22.8 Å². The smallest absolute Gasteiger partial charge is 0.293 e. The van der Waals surface area contributed by atoms with Crippen LogP contribution in [0.1, 0.15) is 11.3 Å². The highest BCUT2D eigenvalue weighted by molar-refractivity contribution is 8.18. The van der Waals surface area contributed by atoms with Crippen molar-refractivity contribution in [2.75, 3.05) is 6.79 Å². The van der Waals surface area contributed by atoms with Gasteiger partial charge in [0, 0.05) is 23.2 Å². The van der Waals surface area contributed by atoms with Crippen LogP contribution in [-0.4, -0.2) is 22.8 Å². The van der Waals surface area contributed by atoms with Crippen molar-refractivity contribution in [3.63, 3.8) is 0 Å². The van der Waals surface area contributed by atoms with E-state index in [-0.39, 0.29) is 35.3 Å². The van der Waals surface area contributed by atoms with E-state index in [1.165, 1.54) is 24.3 Å². The van der Waals surface area contributed by atoms with E-state index >= 15 is 0 Å². The minimum Gasteiger partial charge on any atom is -0.457 e. The van der Waals surface area contributed by atoms with E-state index in [1.807, 2.05) is 0 Å². The van der Waals surface area contributed by atoms with Crippen molar-refractivity contribution < 1.29 is 32.3 Å². The first-order valence-corrected chi connectivity index (χ1v) is 10.5. The molecule has 1 aromatic heterocycles. The maximum absolute atomic E-state index is 14.0. The third-order valence-electron chi connectivity index (χ3n) is 4.84. The second kappa shape index (κ2) is 7.99. The number of halogens is 3. The lowest BCUT2D eigenvalue weighted by atomic mass is 10.1. The lowest BCUT2D eigenvalue weighted by Crippen LogP contribution is -2.27. The second-order valence-electron chi connectivity index (χ2n) is 6.89. The summed E-state index contributed by atoms with van der Waals surface area (Å²) in [6.07, 6.45) is 1.40. The molecule has 3 aromatic rings. The number of furan rings is 1. The number of carbonyl (C=O) groups excluding carboxylic acids is 2. The lowest BCUT2D eigenvalue weighted by Gasteiger charge is -2.14. The molecule has 6 nitrogen and oxygen atoms in total. The number of carbonyl (C=O) groups is 2. The zero-order chi connectivity index (χ0) is 22.4. The van der Waals surface area contributed by atoms with Gasteiger partial charge in [-0.1, -0.05) is 11.6 Å². The molecule has 0 saturated carbocycles. The minimum atomic E-state index is -0.771. The fraction of sp³-hybridized carbons (Fsp3) is 0.0909. The molecule has 0 aliphatic carbocycles. The summed E-state index contributed by atoms with van der Waals surface area (Å²) >= 11 is 7.01. The van der Waals surface area contributed by atoms with Gasteiger partial charge in [0.05, 0.1) is 17.0 Å². The fourth-order valence-electron chi connectivity index (χ4n) is 3.28. The summed E-state index contributed by atoms with van der Waals surface area (Å²) < 4.78 is 43.3. The van der Waals surface area contributed by atoms with Crippen LogP contribution in [0.2, 0.25) is 5.02 Å². The number of imide groups is 1. The third-order valence-corrected chi connectivity index (χ3v) is 6.10. The molecule has 10 heteroatoms. The van der Waals surface area contributed by atoms with Crippen molar-refractivity contribution >= 4 is 40.6 Å². The molecular weight excluding hydrogens is 464 g/mol. The number of nitrogens with zero attached hydrogens (tertiary/aromatic N) is 1. The van der Waals surface area contributed by atoms with Crippen LogP contribution in [0.4, 0.5) is 13.6 Å². The van der Waals surface area contributed by atoms with Gasteiger partial charge in [-0.3, -0.25) is 14.5 Å². The SMILES string of the molecule is O=C1SC(=Cc2ccc(-c3ccc(F)cc3F)o2)C(=O)N1Cc1cc2c(cc1Cl)OCO2.